The molecule has 5 heteroatoms. The highest BCUT2D eigenvalue weighted by Crippen LogP contribution is 2.30. The van der Waals surface area contributed by atoms with Crippen molar-refractivity contribution in [3.63, 3.8) is 0 Å². The van der Waals surface area contributed by atoms with Crippen molar-refractivity contribution >= 4 is 49.2 Å². The number of hydrogen-bond donors (Lipinski definition) is 1. The van der Waals surface area contributed by atoms with E-state index < -0.39 is 0 Å². The Morgan fingerprint density at radius 3 is 2.24 bits per heavy atom. The minimum Gasteiger partial charge on any atom is -0.281 e. The van der Waals surface area contributed by atoms with Gasteiger partial charge in [-0.25, -0.2) is 0 Å². The van der Waals surface area contributed by atoms with Crippen molar-refractivity contribution in [1.82, 2.24) is 0 Å². The lowest BCUT2D eigenvalue weighted by Crippen LogP contribution is -1.89. The summed E-state index contributed by atoms with van der Waals surface area (Å²) in [7, 11) is 4.30. The Morgan fingerprint density at radius 1 is 1.10 bits per heavy atom. The molecule has 21 heavy (non-hydrogen) atoms. The van der Waals surface area contributed by atoms with Gasteiger partial charge in [-0.3, -0.25) is 4.79 Å². The molecule has 0 spiro atoms. The van der Waals surface area contributed by atoms with Crippen molar-refractivity contribution in [3.8, 4) is 0 Å². The summed E-state index contributed by atoms with van der Waals surface area (Å²) in [4.78, 5) is 12.3. The average molecular weight is 353 g/mol. The van der Waals surface area contributed by atoms with Crippen molar-refractivity contribution in [2.75, 3.05) is 0 Å². The fraction of sp³-hybridized carbons (Fsp3) is 0.0625. The van der Waals surface area contributed by atoms with Gasteiger partial charge in [-0.1, -0.05) is 76.2 Å². The maximum absolute atomic E-state index is 11.0. The minimum atomic E-state index is -0.00617. The number of aryl methyl sites for hydroxylation is 1. The molecule has 0 bridgehead atoms. The van der Waals surface area contributed by atoms with E-state index in [9.17, 15) is 4.79 Å². The van der Waals surface area contributed by atoms with Gasteiger partial charge >= 0.3 is 0 Å². The van der Waals surface area contributed by atoms with Crippen LogP contribution in [0.2, 0.25) is 0 Å². The van der Waals surface area contributed by atoms with Gasteiger partial charge in [0.05, 0.1) is 0 Å². The molecule has 0 heterocycles. The molecule has 1 nitrogen and oxygen atoms in total. The quantitative estimate of drug-likeness (QED) is 0.514. The normalized spacial score (nSPS) is 9.43. The first kappa shape index (κ1) is 18.3. The van der Waals surface area contributed by atoms with Gasteiger partial charge < -0.3 is 0 Å². The summed E-state index contributed by atoms with van der Waals surface area (Å²) in [6, 6.07) is 17.7. The molecule has 0 N–H and O–H groups in total. The van der Waals surface area contributed by atoms with E-state index in [-0.39, 0.29) is 5.12 Å². The Hall–Kier alpha value is -0.750. The Kier molecular flexibility index (Phi) is 9.50. The molecule has 0 radical (unpaired) electrons. The number of benzene rings is 2. The molecule has 0 aliphatic heterocycles. The van der Waals surface area contributed by atoms with Gasteiger partial charge in [0.2, 0.25) is 5.12 Å². The first-order valence-electron chi connectivity index (χ1n) is 6.09. The molecule has 0 aliphatic carbocycles. The second kappa shape index (κ2) is 10.9. The van der Waals surface area contributed by atoms with Crippen LogP contribution >= 0.6 is 44.0 Å². The summed E-state index contributed by atoms with van der Waals surface area (Å²) < 4.78 is 0. The zero-order chi connectivity index (χ0) is 15.5. The van der Waals surface area contributed by atoms with E-state index in [1.54, 1.807) is 33.7 Å². The maximum atomic E-state index is 11.0. The monoisotopic (exact) mass is 352 g/mol. The Bertz CT molecular complexity index is 552. The van der Waals surface area contributed by atoms with Crippen LogP contribution < -0.4 is 0 Å². The third-order valence-electron chi connectivity index (χ3n) is 2.33. The fourth-order valence-electron chi connectivity index (χ4n) is 1.31. The minimum absolute atomic E-state index is 0.00617. The molecule has 2 aromatic rings. The van der Waals surface area contributed by atoms with Gasteiger partial charge in [-0.2, -0.15) is 0 Å². The van der Waals surface area contributed by atoms with Crippen LogP contribution in [0.25, 0.3) is 0 Å². The average Bonchev–Trinajstić information content (AvgIpc) is 2.54. The van der Waals surface area contributed by atoms with Crippen molar-refractivity contribution in [2.24, 2.45) is 0 Å². The van der Waals surface area contributed by atoms with E-state index in [1.165, 1.54) is 4.90 Å². The molecule has 110 valence electrons. The number of carbonyl (C=O) groups excluding carboxylic acids is 1. The van der Waals surface area contributed by atoms with Crippen LogP contribution in [0.1, 0.15) is 15.9 Å². The van der Waals surface area contributed by atoms with Gasteiger partial charge in [-0.05, 0) is 35.3 Å². The molecular formula is C16H16OS4. The summed E-state index contributed by atoms with van der Waals surface area (Å²) in [6.07, 6.45) is 0. The third-order valence-corrected chi connectivity index (χ3v) is 5.20. The topological polar surface area (TPSA) is 17.1 Å². The van der Waals surface area contributed by atoms with Crippen LogP contribution in [0.5, 0.6) is 0 Å². The van der Waals surface area contributed by atoms with Gasteiger partial charge in [-0.15, -0.1) is 11.7 Å². The molecule has 0 atom stereocenters. The van der Waals surface area contributed by atoms with Gasteiger partial charge in [0.1, 0.15) is 0 Å². The zero-order valence-electron chi connectivity index (χ0n) is 11.6. The third kappa shape index (κ3) is 7.71. The second-order valence-corrected chi connectivity index (χ2v) is 7.25. The molecule has 0 unspecified atom stereocenters. The van der Waals surface area contributed by atoms with Crippen molar-refractivity contribution < 1.29 is 4.79 Å². The lowest BCUT2D eigenvalue weighted by Gasteiger charge is -1.95. The lowest BCUT2D eigenvalue weighted by atomic mass is 10.2. The summed E-state index contributed by atoms with van der Waals surface area (Å²) in [6.45, 7) is 5.61. The molecule has 0 saturated heterocycles. The summed E-state index contributed by atoms with van der Waals surface area (Å²) in [5.41, 5.74) is 1.86. The molecule has 0 aromatic heterocycles. The fourth-order valence-corrected chi connectivity index (χ4v) is 3.18. The van der Waals surface area contributed by atoms with Crippen LogP contribution in [-0.2, 0) is 0 Å². The first-order valence-corrected chi connectivity index (χ1v) is 10.2. The SMILES string of the molecule is C=CSSc1ccccc1.Cc1ccc(C(=O)SS)cc1. The highest BCUT2D eigenvalue weighted by molar-refractivity contribution is 8.77. The van der Waals surface area contributed by atoms with E-state index in [1.807, 2.05) is 42.7 Å². The summed E-state index contributed by atoms with van der Waals surface area (Å²) >= 11 is 3.82. The standard InChI is InChI=1S/C8H8OS2.C8H8S2/c1-6-2-4-7(5-3-6)8(9)11-10;1-2-9-10-8-6-4-3-5-7-8/h2-5,10H,1H3;2-7H,1H2. The highest BCUT2D eigenvalue weighted by Gasteiger charge is 2.01. The van der Waals surface area contributed by atoms with Gasteiger partial charge in [0.25, 0.3) is 0 Å². The number of carbonyl (C=O) groups is 1. The molecule has 0 saturated carbocycles. The summed E-state index contributed by atoms with van der Waals surface area (Å²) in [5.74, 6) is 0. The molecule has 2 rings (SSSR count). The Balaban J connectivity index is 0.000000211. The van der Waals surface area contributed by atoms with E-state index in [0.717, 1.165) is 16.4 Å². The molecule has 0 fully saturated rings. The zero-order valence-corrected chi connectivity index (χ0v) is 14.9. The van der Waals surface area contributed by atoms with Crippen molar-refractivity contribution in [2.45, 2.75) is 11.8 Å². The first-order chi connectivity index (χ1) is 10.2. The number of rotatable bonds is 4. The van der Waals surface area contributed by atoms with Crippen LogP contribution in [0.3, 0.4) is 0 Å². The number of hydrogen-bond acceptors (Lipinski definition) is 5. The van der Waals surface area contributed by atoms with E-state index in [4.69, 9.17) is 0 Å². The maximum Gasteiger partial charge on any atom is 0.229 e. The van der Waals surface area contributed by atoms with Crippen LogP contribution in [0.15, 0.2) is 71.5 Å². The smallest absolute Gasteiger partial charge is 0.229 e. The highest BCUT2D eigenvalue weighted by atomic mass is 33.1. The second-order valence-electron chi connectivity index (χ2n) is 3.90. The van der Waals surface area contributed by atoms with Gasteiger partial charge in [0.15, 0.2) is 0 Å². The van der Waals surface area contributed by atoms with Gasteiger partial charge in [0, 0.05) is 10.5 Å². The predicted molar refractivity (Wildman–Crippen MR) is 102 cm³/mol. The molecule has 0 amide bonds. The lowest BCUT2D eigenvalue weighted by molar-refractivity contribution is 0.109. The van der Waals surface area contributed by atoms with Crippen molar-refractivity contribution in [3.05, 3.63) is 77.7 Å². The molecule has 2 aromatic carbocycles. The molecular weight excluding hydrogens is 336 g/mol. The van der Waals surface area contributed by atoms with E-state index in [2.05, 4.69) is 30.4 Å². The predicted octanol–water partition coefficient (Wildman–Crippen LogP) is 6.28. The Morgan fingerprint density at radius 2 is 1.71 bits per heavy atom. The van der Waals surface area contributed by atoms with E-state index in [0.29, 0.717) is 5.56 Å². The van der Waals surface area contributed by atoms with Crippen LogP contribution in [-0.4, -0.2) is 5.12 Å². The van der Waals surface area contributed by atoms with E-state index >= 15 is 0 Å². The largest absolute Gasteiger partial charge is 0.281 e. The number of thiol groups is 1. The summed E-state index contributed by atoms with van der Waals surface area (Å²) in [5, 5.41) is 1.82. The van der Waals surface area contributed by atoms with Crippen LogP contribution in [0.4, 0.5) is 0 Å². The van der Waals surface area contributed by atoms with Crippen molar-refractivity contribution in [1.29, 1.82) is 0 Å². The molecule has 0 aliphatic rings. The van der Waals surface area contributed by atoms with Crippen LogP contribution in [0, 0.1) is 6.92 Å². The Labute approximate surface area is 143 Å².